The smallest absolute Gasteiger partial charge is 0.251 e. The first kappa shape index (κ1) is 22.9. The van der Waals surface area contributed by atoms with Crippen LogP contribution in [-0.2, 0) is 13.0 Å². The van der Waals surface area contributed by atoms with Crippen LogP contribution in [0.1, 0.15) is 22.6 Å². The SMILES string of the molecule is COc1ccccc1OCCn1c(CCCNC(=O)c2cccc(Br)c2)nc2ccccc21. The number of ether oxygens (including phenoxy) is 2. The standard InChI is InChI=1S/C26H26BrN3O3/c1-32-23-12-4-5-13-24(23)33-17-16-30-22-11-3-2-10-21(22)29-25(30)14-7-15-28-26(31)19-8-6-9-20(27)18-19/h2-6,8-13,18H,7,14-17H2,1H3,(H,28,31). The third kappa shape index (κ3) is 5.73. The molecule has 0 saturated carbocycles. The second kappa shape index (κ2) is 11.0. The van der Waals surface area contributed by atoms with Crippen LogP contribution in [0.5, 0.6) is 11.5 Å². The van der Waals surface area contributed by atoms with Gasteiger partial charge in [-0.1, -0.05) is 46.3 Å². The molecule has 1 amide bonds. The minimum atomic E-state index is -0.0741. The summed E-state index contributed by atoms with van der Waals surface area (Å²) >= 11 is 3.40. The third-order valence-electron chi connectivity index (χ3n) is 5.32. The molecule has 0 unspecified atom stereocenters. The molecule has 3 aromatic carbocycles. The fourth-order valence-electron chi connectivity index (χ4n) is 3.73. The minimum Gasteiger partial charge on any atom is -0.493 e. The van der Waals surface area contributed by atoms with Crippen LogP contribution in [0.15, 0.2) is 77.3 Å². The van der Waals surface area contributed by atoms with Crippen molar-refractivity contribution < 1.29 is 14.3 Å². The summed E-state index contributed by atoms with van der Waals surface area (Å²) in [6.07, 6.45) is 1.54. The molecule has 170 valence electrons. The second-order valence-corrected chi connectivity index (χ2v) is 8.45. The number of aryl methyl sites for hydroxylation is 1. The highest BCUT2D eigenvalue weighted by atomic mass is 79.9. The van der Waals surface area contributed by atoms with Crippen molar-refractivity contribution >= 4 is 32.9 Å². The summed E-state index contributed by atoms with van der Waals surface area (Å²) in [4.78, 5) is 17.2. The molecule has 0 aliphatic carbocycles. The number of nitrogens with one attached hydrogen (secondary N) is 1. The third-order valence-corrected chi connectivity index (χ3v) is 5.82. The zero-order valence-electron chi connectivity index (χ0n) is 18.5. The Morgan fingerprint density at radius 1 is 1.03 bits per heavy atom. The van der Waals surface area contributed by atoms with Crippen molar-refractivity contribution in [1.29, 1.82) is 0 Å². The molecule has 4 aromatic rings. The number of amides is 1. The molecule has 0 radical (unpaired) electrons. The summed E-state index contributed by atoms with van der Waals surface area (Å²) in [5.41, 5.74) is 2.68. The van der Waals surface area contributed by atoms with E-state index < -0.39 is 0 Å². The maximum Gasteiger partial charge on any atom is 0.251 e. The summed E-state index contributed by atoms with van der Waals surface area (Å²) in [5.74, 6) is 2.35. The first-order valence-corrected chi connectivity index (χ1v) is 11.7. The lowest BCUT2D eigenvalue weighted by molar-refractivity contribution is 0.0953. The first-order chi connectivity index (χ1) is 16.2. The van der Waals surface area contributed by atoms with Gasteiger partial charge in [0.25, 0.3) is 5.91 Å². The minimum absolute atomic E-state index is 0.0741. The van der Waals surface area contributed by atoms with E-state index in [0.717, 1.165) is 45.7 Å². The number of hydrogen-bond acceptors (Lipinski definition) is 4. The Bertz CT molecular complexity index is 1240. The van der Waals surface area contributed by atoms with Crippen LogP contribution in [0, 0.1) is 0 Å². The lowest BCUT2D eigenvalue weighted by Gasteiger charge is -2.13. The molecular weight excluding hydrogens is 482 g/mol. The number of carbonyl (C=O) groups excluding carboxylic acids is 1. The average molecular weight is 508 g/mol. The lowest BCUT2D eigenvalue weighted by Crippen LogP contribution is -2.25. The Hall–Kier alpha value is -3.32. The van der Waals surface area contributed by atoms with E-state index in [-0.39, 0.29) is 5.91 Å². The zero-order chi connectivity index (χ0) is 23.0. The monoisotopic (exact) mass is 507 g/mol. The van der Waals surface area contributed by atoms with Gasteiger partial charge in [0.05, 0.1) is 24.7 Å². The van der Waals surface area contributed by atoms with Gasteiger partial charge in [-0.05, 0) is 48.9 Å². The van der Waals surface area contributed by atoms with Crippen molar-refractivity contribution in [3.05, 3.63) is 88.7 Å². The molecule has 0 aliphatic heterocycles. The number of aromatic nitrogens is 2. The van der Waals surface area contributed by atoms with Gasteiger partial charge in [-0.25, -0.2) is 4.98 Å². The van der Waals surface area contributed by atoms with Crippen LogP contribution in [-0.4, -0.2) is 35.7 Å². The van der Waals surface area contributed by atoms with Crippen molar-refractivity contribution in [2.75, 3.05) is 20.3 Å². The van der Waals surface area contributed by atoms with E-state index in [1.807, 2.05) is 60.7 Å². The van der Waals surface area contributed by atoms with Crippen LogP contribution in [0.4, 0.5) is 0 Å². The number of fused-ring (bicyclic) bond motifs is 1. The molecule has 1 N–H and O–H groups in total. The molecule has 33 heavy (non-hydrogen) atoms. The van der Waals surface area contributed by atoms with Gasteiger partial charge < -0.3 is 19.4 Å². The average Bonchev–Trinajstić information content (AvgIpc) is 3.19. The Balaban J connectivity index is 1.38. The van der Waals surface area contributed by atoms with Crippen molar-refractivity contribution in [3.63, 3.8) is 0 Å². The van der Waals surface area contributed by atoms with Gasteiger partial charge in [-0.2, -0.15) is 0 Å². The highest BCUT2D eigenvalue weighted by molar-refractivity contribution is 9.10. The predicted octanol–water partition coefficient (Wildman–Crippen LogP) is 5.25. The van der Waals surface area contributed by atoms with E-state index in [9.17, 15) is 4.79 Å². The summed E-state index contributed by atoms with van der Waals surface area (Å²) < 4.78 is 14.4. The molecule has 0 aliphatic rings. The number of benzene rings is 3. The molecule has 6 nitrogen and oxygen atoms in total. The van der Waals surface area contributed by atoms with Crippen LogP contribution in [0.2, 0.25) is 0 Å². The summed E-state index contributed by atoms with van der Waals surface area (Å²) in [7, 11) is 1.64. The Morgan fingerprint density at radius 3 is 2.64 bits per heavy atom. The van der Waals surface area contributed by atoms with Crippen molar-refractivity contribution in [2.24, 2.45) is 0 Å². The molecule has 0 bridgehead atoms. The van der Waals surface area contributed by atoms with E-state index >= 15 is 0 Å². The van der Waals surface area contributed by atoms with E-state index in [0.29, 0.717) is 25.3 Å². The molecule has 0 spiro atoms. The van der Waals surface area contributed by atoms with Crippen molar-refractivity contribution in [3.8, 4) is 11.5 Å². The van der Waals surface area contributed by atoms with Gasteiger partial charge in [0, 0.05) is 23.0 Å². The van der Waals surface area contributed by atoms with E-state index in [1.165, 1.54) is 0 Å². The maximum atomic E-state index is 12.4. The number of imidazole rings is 1. The molecular formula is C26H26BrN3O3. The van der Waals surface area contributed by atoms with Gasteiger partial charge in [-0.3, -0.25) is 4.79 Å². The van der Waals surface area contributed by atoms with Crippen LogP contribution in [0.25, 0.3) is 11.0 Å². The number of nitrogens with zero attached hydrogens (tertiary/aromatic N) is 2. The van der Waals surface area contributed by atoms with Crippen molar-refractivity contribution in [1.82, 2.24) is 14.9 Å². The second-order valence-electron chi connectivity index (χ2n) is 7.54. The molecule has 4 rings (SSSR count). The van der Waals surface area contributed by atoms with Gasteiger partial charge in [-0.15, -0.1) is 0 Å². The number of methoxy groups -OCH3 is 1. The fraction of sp³-hybridized carbons (Fsp3) is 0.231. The van der Waals surface area contributed by atoms with Gasteiger partial charge in [0.15, 0.2) is 11.5 Å². The fourth-order valence-corrected chi connectivity index (χ4v) is 4.13. The van der Waals surface area contributed by atoms with Gasteiger partial charge >= 0.3 is 0 Å². The predicted molar refractivity (Wildman–Crippen MR) is 133 cm³/mol. The largest absolute Gasteiger partial charge is 0.493 e. The number of hydrogen-bond donors (Lipinski definition) is 1. The van der Waals surface area contributed by atoms with Crippen LogP contribution in [0.3, 0.4) is 0 Å². The van der Waals surface area contributed by atoms with Crippen molar-refractivity contribution in [2.45, 2.75) is 19.4 Å². The zero-order valence-corrected chi connectivity index (χ0v) is 20.0. The van der Waals surface area contributed by atoms with E-state index in [1.54, 1.807) is 13.2 Å². The quantitative estimate of drug-likeness (QED) is 0.297. The molecule has 0 saturated heterocycles. The summed E-state index contributed by atoms with van der Waals surface area (Å²) in [6, 6.07) is 23.1. The number of para-hydroxylation sites is 4. The number of carbonyl (C=O) groups is 1. The Labute approximate surface area is 201 Å². The van der Waals surface area contributed by atoms with Gasteiger partial charge in [0.2, 0.25) is 0 Å². The summed E-state index contributed by atoms with van der Waals surface area (Å²) in [6.45, 7) is 1.73. The number of halogens is 1. The molecule has 0 atom stereocenters. The molecule has 0 fully saturated rings. The molecule has 1 heterocycles. The van der Waals surface area contributed by atoms with Crippen LogP contribution >= 0.6 is 15.9 Å². The van der Waals surface area contributed by atoms with E-state index in [2.05, 4.69) is 31.9 Å². The highest BCUT2D eigenvalue weighted by Crippen LogP contribution is 2.26. The first-order valence-electron chi connectivity index (χ1n) is 10.9. The highest BCUT2D eigenvalue weighted by Gasteiger charge is 2.12. The van der Waals surface area contributed by atoms with Crippen LogP contribution < -0.4 is 14.8 Å². The normalized spacial score (nSPS) is 10.8. The molecule has 7 heteroatoms. The Kier molecular flexibility index (Phi) is 7.62. The number of rotatable bonds is 10. The maximum absolute atomic E-state index is 12.4. The van der Waals surface area contributed by atoms with Gasteiger partial charge in [0.1, 0.15) is 12.4 Å². The Morgan fingerprint density at radius 2 is 1.82 bits per heavy atom. The topological polar surface area (TPSA) is 65.4 Å². The van der Waals surface area contributed by atoms with E-state index in [4.69, 9.17) is 14.5 Å². The molecule has 1 aromatic heterocycles. The summed E-state index contributed by atoms with van der Waals surface area (Å²) in [5, 5.41) is 2.99. The lowest BCUT2D eigenvalue weighted by atomic mass is 10.2.